The molecule has 0 bridgehead atoms. The largest absolute Gasteiger partial charge is 0.481 e. The average molecular weight is 301 g/mol. The van der Waals surface area contributed by atoms with Crippen LogP contribution in [0.5, 0.6) is 0 Å². The summed E-state index contributed by atoms with van der Waals surface area (Å²) >= 11 is 0. The summed E-state index contributed by atoms with van der Waals surface area (Å²) in [5.41, 5.74) is 0.824. The van der Waals surface area contributed by atoms with Crippen LogP contribution in [0.15, 0.2) is 48.8 Å². The van der Waals surface area contributed by atoms with E-state index in [1.165, 1.54) is 0 Å². The van der Waals surface area contributed by atoms with E-state index in [4.69, 9.17) is 5.11 Å². The van der Waals surface area contributed by atoms with Crippen LogP contribution in [-0.4, -0.2) is 44.8 Å². The highest BCUT2D eigenvalue weighted by Gasteiger charge is 2.27. The molecule has 116 valence electrons. The molecule has 0 spiro atoms. The molecule has 1 aromatic heterocycles. The van der Waals surface area contributed by atoms with Crippen LogP contribution in [0.3, 0.4) is 0 Å². The summed E-state index contributed by atoms with van der Waals surface area (Å²) in [5, 5.41) is 13.0. The number of benzene rings is 1. The Morgan fingerprint density at radius 1 is 1.27 bits per heavy atom. The van der Waals surface area contributed by atoms with Gasteiger partial charge in [0.25, 0.3) is 5.91 Å². The van der Waals surface area contributed by atoms with Crippen molar-refractivity contribution in [1.82, 2.24) is 14.7 Å². The lowest BCUT2D eigenvalue weighted by Crippen LogP contribution is -2.39. The molecule has 2 rings (SSSR count). The van der Waals surface area contributed by atoms with Gasteiger partial charge in [0.2, 0.25) is 0 Å². The first kappa shape index (κ1) is 15.8. The molecule has 0 aliphatic carbocycles. The quantitative estimate of drug-likeness (QED) is 0.846. The van der Waals surface area contributed by atoms with Gasteiger partial charge in [-0.05, 0) is 18.6 Å². The molecule has 0 radical (unpaired) electrons. The van der Waals surface area contributed by atoms with E-state index >= 15 is 0 Å². The number of likely N-dealkylation sites (N-methyl/N-ethyl adjacent to an activating group) is 1. The third kappa shape index (κ3) is 3.72. The van der Waals surface area contributed by atoms with Crippen LogP contribution in [0, 0.1) is 0 Å². The molecule has 0 fully saturated rings. The molecule has 1 atom stereocenters. The van der Waals surface area contributed by atoms with E-state index in [1.54, 1.807) is 28.0 Å². The minimum Gasteiger partial charge on any atom is -0.481 e. The highest BCUT2D eigenvalue weighted by Crippen LogP contribution is 2.20. The molecular formula is C16H19N3O3. The number of aliphatic carboxylic acids is 1. The molecule has 2 aromatic rings. The van der Waals surface area contributed by atoms with Crippen molar-refractivity contribution in [3.63, 3.8) is 0 Å². The molecule has 0 aliphatic heterocycles. The summed E-state index contributed by atoms with van der Waals surface area (Å²) in [7, 11) is 0. The van der Waals surface area contributed by atoms with Gasteiger partial charge in [-0.15, -0.1) is 0 Å². The van der Waals surface area contributed by atoms with Gasteiger partial charge in [-0.25, -0.2) is 0 Å². The van der Waals surface area contributed by atoms with Crippen molar-refractivity contribution in [3.8, 4) is 0 Å². The Morgan fingerprint density at radius 2 is 2.00 bits per heavy atom. The zero-order chi connectivity index (χ0) is 15.9. The molecule has 1 aromatic carbocycles. The van der Waals surface area contributed by atoms with Gasteiger partial charge in [-0.3, -0.25) is 14.3 Å². The Bertz CT molecular complexity index is 611. The van der Waals surface area contributed by atoms with Gasteiger partial charge in [-0.2, -0.15) is 5.10 Å². The van der Waals surface area contributed by atoms with Crippen LogP contribution in [0.1, 0.15) is 24.9 Å². The second-order valence-electron chi connectivity index (χ2n) is 4.86. The lowest BCUT2D eigenvalue weighted by Gasteiger charge is -2.26. The molecule has 1 N–H and O–H groups in total. The molecule has 1 amide bonds. The Labute approximate surface area is 129 Å². The zero-order valence-corrected chi connectivity index (χ0v) is 12.4. The minimum absolute atomic E-state index is 0.0692. The first-order chi connectivity index (χ1) is 10.6. The number of nitrogens with zero attached hydrogens (tertiary/aromatic N) is 3. The summed E-state index contributed by atoms with van der Waals surface area (Å²) in [6, 6.07) is 10.5. The fraction of sp³-hybridized carbons (Fsp3) is 0.312. The predicted molar refractivity (Wildman–Crippen MR) is 81.3 cm³/mol. The molecule has 1 unspecified atom stereocenters. The zero-order valence-electron chi connectivity index (χ0n) is 12.4. The Hall–Kier alpha value is -2.63. The van der Waals surface area contributed by atoms with Gasteiger partial charge >= 0.3 is 5.97 Å². The number of hydrogen-bond donors (Lipinski definition) is 1. The molecule has 6 heteroatoms. The van der Waals surface area contributed by atoms with E-state index in [1.807, 2.05) is 37.3 Å². The van der Waals surface area contributed by atoms with Crippen molar-refractivity contribution in [2.75, 3.05) is 13.1 Å². The topological polar surface area (TPSA) is 75.4 Å². The van der Waals surface area contributed by atoms with Gasteiger partial charge in [0.05, 0.1) is 6.42 Å². The van der Waals surface area contributed by atoms with Gasteiger partial charge in [0, 0.05) is 25.5 Å². The molecule has 6 nitrogen and oxygen atoms in total. The number of carboxylic acid groups (broad SMARTS) is 1. The third-order valence-corrected chi connectivity index (χ3v) is 3.43. The van der Waals surface area contributed by atoms with Crippen molar-refractivity contribution in [1.29, 1.82) is 0 Å². The number of aromatic nitrogens is 2. The lowest BCUT2D eigenvalue weighted by atomic mass is 10.1. The molecule has 0 saturated carbocycles. The fourth-order valence-electron chi connectivity index (χ4n) is 2.30. The first-order valence-corrected chi connectivity index (χ1v) is 7.18. The van der Waals surface area contributed by atoms with Gasteiger partial charge in [0.1, 0.15) is 0 Å². The summed E-state index contributed by atoms with van der Waals surface area (Å²) < 4.78 is 1.60. The number of carboxylic acids is 1. The van der Waals surface area contributed by atoms with Crippen LogP contribution in [0.4, 0.5) is 0 Å². The maximum absolute atomic E-state index is 12.9. The second kappa shape index (κ2) is 7.40. The Balaban J connectivity index is 2.28. The highest BCUT2D eigenvalue weighted by atomic mass is 16.4. The van der Waals surface area contributed by atoms with E-state index in [9.17, 15) is 9.59 Å². The van der Waals surface area contributed by atoms with Crippen molar-refractivity contribution in [3.05, 3.63) is 54.4 Å². The molecule has 1 heterocycles. The molecular weight excluding hydrogens is 282 g/mol. The maximum atomic E-state index is 12.9. The van der Waals surface area contributed by atoms with Crippen LogP contribution in [0.2, 0.25) is 0 Å². The van der Waals surface area contributed by atoms with Crippen molar-refractivity contribution < 1.29 is 14.7 Å². The average Bonchev–Trinajstić information content (AvgIpc) is 3.03. The van der Waals surface area contributed by atoms with Crippen LogP contribution < -0.4 is 0 Å². The van der Waals surface area contributed by atoms with Gasteiger partial charge in [0.15, 0.2) is 6.04 Å². The fourth-order valence-corrected chi connectivity index (χ4v) is 2.30. The van der Waals surface area contributed by atoms with E-state index in [2.05, 4.69) is 5.10 Å². The van der Waals surface area contributed by atoms with Gasteiger partial charge < -0.3 is 10.0 Å². The van der Waals surface area contributed by atoms with Crippen molar-refractivity contribution >= 4 is 11.9 Å². The number of rotatable bonds is 7. The van der Waals surface area contributed by atoms with Crippen LogP contribution in [0.25, 0.3) is 0 Å². The summed E-state index contributed by atoms with van der Waals surface area (Å²) in [6.45, 7) is 2.48. The van der Waals surface area contributed by atoms with Crippen molar-refractivity contribution in [2.45, 2.75) is 19.4 Å². The van der Waals surface area contributed by atoms with E-state index in [0.717, 1.165) is 5.56 Å². The summed E-state index contributed by atoms with van der Waals surface area (Å²) in [6.07, 6.45) is 3.29. The van der Waals surface area contributed by atoms with Crippen LogP contribution in [-0.2, 0) is 9.59 Å². The standard InChI is InChI=1S/C16H19N3O3/c1-2-18(12-9-14(20)21)16(22)15(19-11-6-10-17-19)13-7-4-3-5-8-13/h3-8,10-11,15H,2,9,12H2,1H3,(H,20,21). The normalized spacial score (nSPS) is 11.9. The van der Waals surface area contributed by atoms with E-state index in [-0.39, 0.29) is 18.9 Å². The molecule has 0 aliphatic rings. The monoisotopic (exact) mass is 301 g/mol. The third-order valence-electron chi connectivity index (χ3n) is 3.43. The first-order valence-electron chi connectivity index (χ1n) is 7.18. The minimum atomic E-state index is -0.915. The maximum Gasteiger partial charge on any atom is 0.305 e. The molecule has 0 saturated heterocycles. The van der Waals surface area contributed by atoms with Crippen molar-refractivity contribution in [2.24, 2.45) is 0 Å². The second-order valence-corrected chi connectivity index (χ2v) is 4.86. The summed E-state index contributed by atoms with van der Waals surface area (Å²) in [4.78, 5) is 25.2. The summed E-state index contributed by atoms with van der Waals surface area (Å²) in [5.74, 6) is -1.07. The predicted octanol–water partition coefficient (Wildman–Crippen LogP) is 1.80. The SMILES string of the molecule is CCN(CCC(=O)O)C(=O)C(c1ccccc1)n1cccn1. The van der Waals surface area contributed by atoms with Crippen LogP contribution >= 0.6 is 0 Å². The van der Waals surface area contributed by atoms with Gasteiger partial charge in [-0.1, -0.05) is 30.3 Å². The number of carbonyl (C=O) groups is 2. The number of amides is 1. The lowest BCUT2D eigenvalue weighted by molar-refractivity contribution is -0.139. The Morgan fingerprint density at radius 3 is 2.55 bits per heavy atom. The number of carbonyl (C=O) groups excluding carboxylic acids is 1. The van der Waals surface area contributed by atoms with E-state index < -0.39 is 12.0 Å². The number of hydrogen-bond acceptors (Lipinski definition) is 3. The smallest absolute Gasteiger partial charge is 0.305 e. The highest BCUT2D eigenvalue weighted by molar-refractivity contribution is 5.84. The van der Waals surface area contributed by atoms with E-state index in [0.29, 0.717) is 6.54 Å². The Kier molecular flexibility index (Phi) is 5.30. The molecule has 22 heavy (non-hydrogen) atoms.